The minimum absolute atomic E-state index is 0.359. The number of esters is 1. The van der Waals surface area contributed by atoms with Gasteiger partial charge in [-0.05, 0) is 40.5 Å². The van der Waals surface area contributed by atoms with Gasteiger partial charge in [0.15, 0.2) is 0 Å². The third-order valence-electron chi connectivity index (χ3n) is 1.89. The predicted molar refractivity (Wildman–Crippen MR) is 56.8 cm³/mol. The number of benzene rings is 1. The van der Waals surface area contributed by atoms with E-state index >= 15 is 0 Å². The lowest BCUT2D eigenvalue weighted by Gasteiger charge is -2.08. The van der Waals surface area contributed by atoms with E-state index in [1.54, 1.807) is 19.2 Å². The normalized spacial score (nSPS) is 9.71. The van der Waals surface area contributed by atoms with Crippen molar-refractivity contribution in [3.05, 3.63) is 27.7 Å². The first-order chi connectivity index (χ1) is 6.60. The molecular formula is C10H11BrO3. The lowest BCUT2D eigenvalue weighted by molar-refractivity contribution is 0.0599. The summed E-state index contributed by atoms with van der Waals surface area (Å²) in [6.07, 6.45) is 0. The molecule has 0 N–H and O–H groups in total. The first kappa shape index (κ1) is 11.0. The largest absolute Gasteiger partial charge is 0.496 e. The van der Waals surface area contributed by atoms with Gasteiger partial charge in [0.25, 0.3) is 0 Å². The fraction of sp³-hybridized carbons (Fsp3) is 0.300. The van der Waals surface area contributed by atoms with Crippen LogP contribution in [0, 0.1) is 6.92 Å². The zero-order chi connectivity index (χ0) is 10.7. The Morgan fingerprint density at radius 1 is 1.36 bits per heavy atom. The van der Waals surface area contributed by atoms with Crippen molar-refractivity contribution in [1.82, 2.24) is 0 Å². The predicted octanol–water partition coefficient (Wildman–Crippen LogP) is 2.55. The zero-order valence-electron chi connectivity index (χ0n) is 8.26. The van der Waals surface area contributed by atoms with Gasteiger partial charge >= 0.3 is 5.97 Å². The third-order valence-corrected chi connectivity index (χ3v) is 2.55. The van der Waals surface area contributed by atoms with Gasteiger partial charge in [-0.25, -0.2) is 4.79 Å². The summed E-state index contributed by atoms with van der Waals surface area (Å²) in [7, 11) is 2.95. The van der Waals surface area contributed by atoms with Crippen LogP contribution < -0.4 is 4.74 Å². The van der Waals surface area contributed by atoms with Crippen molar-refractivity contribution < 1.29 is 14.3 Å². The van der Waals surface area contributed by atoms with Crippen LogP contribution in [0.25, 0.3) is 0 Å². The number of methoxy groups -OCH3 is 2. The molecular weight excluding hydrogens is 248 g/mol. The number of carbonyl (C=O) groups excluding carboxylic acids is 1. The average molecular weight is 259 g/mol. The van der Waals surface area contributed by atoms with E-state index in [2.05, 4.69) is 20.7 Å². The van der Waals surface area contributed by atoms with Crippen molar-refractivity contribution >= 4 is 21.9 Å². The van der Waals surface area contributed by atoms with Crippen LogP contribution >= 0.6 is 15.9 Å². The van der Waals surface area contributed by atoms with Gasteiger partial charge in [-0.3, -0.25) is 0 Å². The molecule has 0 unspecified atom stereocenters. The van der Waals surface area contributed by atoms with Gasteiger partial charge in [0.2, 0.25) is 0 Å². The molecule has 1 aromatic carbocycles. The molecule has 0 aliphatic carbocycles. The van der Waals surface area contributed by atoms with Crippen LogP contribution in [0.1, 0.15) is 15.9 Å². The van der Waals surface area contributed by atoms with Gasteiger partial charge < -0.3 is 9.47 Å². The summed E-state index contributed by atoms with van der Waals surface area (Å²) in [4.78, 5) is 11.3. The third kappa shape index (κ3) is 2.07. The highest BCUT2D eigenvalue weighted by Gasteiger charge is 2.12. The van der Waals surface area contributed by atoms with Gasteiger partial charge in [-0.2, -0.15) is 0 Å². The molecule has 0 fully saturated rings. The summed E-state index contributed by atoms with van der Waals surface area (Å²) in [6.45, 7) is 1.87. The molecule has 0 atom stereocenters. The fourth-order valence-electron chi connectivity index (χ4n) is 1.15. The highest BCUT2D eigenvalue weighted by Crippen LogP contribution is 2.27. The molecule has 0 saturated carbocycles. The standard InChI is InChI=1S/C10H11BrO3/c1-6-4-7(10(12)14-3)8(11)5-9(6)13-2/h4-5H,1-3H3. The van der Waals surface area contributed by atoms with E-state index in [1.807, 2.05) is 6.92 Å². The summed E-state index contributed by atoms with van der Waals surface area (Å²) in [5, 5.41) is 0. The van der Waals surface area contributed by atoms with Gasteiger partial charge in [0.05, 0.1) is 19.8 Å². The highest BCUT2D eigenvalue weighted by molar-refractivity contribution is 9.10. The molecule has 3 nitrogen and oxygen atoms in total. The van der Waals surface area contributed by atoms with E-state index in [0.29, 0.717) is 10.0 Å². The highest BCUT2D eigenvalue weighted by atomic mass is 79.9. The van der Waals surface area contributed by atoms with Gasteiger partial charge in [0.1, 0.15) is 5.75 Å². The summed E-state index contributed by atoms with van der Waals surface area (Å²) >= 11 is 3.28. The summed E-state index contributed by atoms with van der Waals surface area (Å²) in [5.74, 6) is 0.382. The van der Waals surface area contributed by atoms with E-state index in [9.17, 15) is 4.79 Å². The Labute approximate surface area is 91.1 Å². The maximum absolute atomic E-state index is 11.3. The van der Waals surface area contributed by atoms with E-state index in [1.165, 1.54) is 7.11 Å². The molecule has 1 aromatic rings. The van der Waals surface area contributed by atoms with Crippen LogP contribution in [0.3, 0.4) is 0 Å². The Morgan fingerprint density at radius 2 is 2.00 bits per heavy atom. The van der Waals surface area contributed by atoms with Crippen LogP contribution in [0.4, 0.5) is 0 Å². The second-order valence-electron chi connectivity index (χ2n) is 2.79. The van der Waals surface area contributed by atoms with Crippen molar-refractivity contribution in [1.29, 1.82) is 0 Å². The van der Waals surface area contributed by atoms with E-state index in [-0.39, 0.29) is 5.97 Å². The minimum atomic E-state index is -0.359. The number of aryl methyl sites for hydroxylation is 1. The molecule has 0 aliphatic heterocycles. The molecule has 1 rings (SSSR count). The van der Waals surface area contributed by atoms with Gasteiger partial charge in [0, 0.05) is 4.47 Å². The fourth-order valence-corrected chi connectivity index (χ4v) is 1.63. The maximum Gasteiger partial charge on any atom is 0.339 e. The van der Waals surface area contributed by atoms with Crippen LogP contribution in [0.15, 0.2) is 16.6 Å². The van der Waals surface area contributed by atoms with Crippen molar-refractivity contribution in [2.75, 3.05) is 14.2 Å². The second kappa shape index (κ2) is 4.46. The SMILES string of the molecule is COC(=O)c1cc(C)c(OC)cc1Br. The van der Waals surface area contributed by atoms with Crippen molar-refractivity contribution in [2.24, 2.45) is 0 Å². The smallest absolute Gasteiger partial charge is 0.339 e. The Balaban J connectivity index is 3.21. The number of halogens is 1. The molecule has 0 amide bonds. The van der Waals surface area contributed by atoms with Crippen molar-refractivity contribution in [3.63, 3.8) is 0 Å². The zero-order valence-corrected chi connectivity index (χ0v) is 9.84. The molecule has 0 saturated heterocycles. The number of hydrogen-bond donors (Lipinski definition) is 0. The molecule has 0 bridgehead atoms. The molecule has 76 valence electrons. The summed E-state index contributed by atoms with van der Waals surface area (Å²) in [6, 6.07) is 3.48. The number of carbonyl (C=O) groups is 1. The van der Waals surface area contributed by atoms with Crippen LogP contribution in [-0.2, 0) is 4.74 Å². The Morgan fingerprint density at radius 3 is 2.50 bits per heavy atom. The molecule has 0 aliphatic rings. The maximum atomic E-state index is 11.3. The summed E-state index contributed by atoms with van der Waals surface area (Å²) < 4.78 is 10.4. The number of rotatable bonds is 2. The monoisotopic (exact) mass is 258 g/mol. The van der Waals surface area contributed by atoms with Crippen molar-refractivity contribution in [2.45, 2.75) is 6.92 Å². The first-order valence-corrected chi connectivity index (χ1v) is 4.82. The molecule has 14 heavy (non-hydrogen) atoms. The lowest BCUT2D eigenvalue weighted by atomic mass is 10.1. The molecule has 0 spiro atoms. The van der Waals surface area contributed by atoms with Gasteiger partial charge in [-0.1, -0.05) is 0 Å². The van der Waals surface area contributed by atoms with Crippen LogP contribution in [0.2, 0.25) is 0 Å². The van der Waals surface area contributed by atoms with Gasteiger partial charge in [-0.15, -0.1) is 0 Å². The number of hydrogen-bond acceptors (Lipinski definition) is 3. The Bertz CT molecular complexity index is 361. The van der Waals surface area contributed by atoms with Crippen molar-refractivity contribution in [3.8, 4) is 5.75 Å². The number of ether oxygens (including phenoxy) is 2. The quantitative estimate of drug-likeness (QED) is 0.765. The Kier molecular flexibility index (Phi) is 3.52. The molecule has 4 heteroatoms. The van der Waals surface area contributed by atoms with Crippen LogP contribution in [-0.4, -0.2) is 20.2 Å². The average Bonchev–Trinajstić information content (AvgIpc) is 2.19. The Hall–Kier alpha value is -1.03. The molecule has 0 heterocycles. The van der Waals surface area contributed by atoms with E-state index < -0.39 is 0 Å². The topological polar surface area (TPSA) is 35.5 Å². The first-order valence-electron chi connectivity index (χ1n) is 4.02. The minimum Gasteiger partial charge on any atom is -0.496 e. The lowest BCUT2D eigenvalue weighted by Crippen LogP contribution is -2.03. The van der Waals surface area contributed by atoms with E-state index in [4.69, 9.17) is 4.74 Å². The molecule has 0 aromatic heterocycles. The van der Waals surface area contributed by atoms with E-state index in [0.717, 1.165) is 11.3 Å². The summed E-state index contributed by atoms with van der Waals surface area (Å²) in [5.41, 5.74) is 1.40. The molecule has 0 radical (unpaired) electrons. The van der Waals surface area contributed by atoms with Crippen LogP contribution in [0.5, 0.6) is 5.75 Å². The second-order valence-corrected chi connectivity index (χ2v) is 3.65.